The van der Waals surface area contributed by atoms with E-state index in [2.05, 4.69) is 67.9 Å². The number of hydrogen-bond donors (Lipinski definition) is 1. The molecule has 0 aliphatic heterocycles. The summed E-state index contributed by atoms with van der Waals surface area (Å²) in [5, 5.41) is 5.85. The molecule has 1 nitrogen and oxygen atoms in total. The molecule has 1 N–H and O–H groups in total. The number of nitrogens with one attached hydrogen (secondary N) is 1. The van der Waals surface area contributed by atoms with Gasteiger partial charge in [0.05, 0.1) is 5.54 Å². The van der Waals surface area contributed by atoms with Gasteiger partial charge in [-0.2, -0.15) is 0 Å². The SMILES string of the molecule is CCNC(C)(Cc1ccccc1)c1sccc1C. The second-order valence-corrected chi connectivity index (χ2v) is 5.87. The summed E-state index contributed by atoms with van der Waals surface area (Å²) < 4.78 is 0. The van der Waals surface area contributed by atoms with Crippen molar-refractivity contribution < 1.29 is 0 Å². The fourth-order valence-corrected chi connectivity index (χ4v) is 3.62. The first-order valence-corrected chi connectivity index (χ1v) is 7.37. The molecule has 0 saturated heterocycles. The highest BCUT2D eigenvalue weighted by Crippen LogP contribution is 2.32. The summed E-state index contributed by atoms with van der Waals surface area (Å²) in [6.07, 6.45) is 1.03. The van der Waals surface area contributed by atoms with Crippen LogP contribution in [-0.4, -0.2) is 6.54 Å². The molecule has 2 aromatic rings. The van der Waals surface area contributed by atoms with E-state index < -0.39 is 0 Å². The van der Waals surface area contributed by atoms with Crippen molar-refractivity contribution >= 4 is 11.3 Å². The van der Waals surface area contributed by atoms with Crippen molar-refractivity contribution in [3.05, 3.63) is 57.8 Å². The predicted octanol–water partition coefficient (Wildman–Crippen LogP) is 4.12. The van der Waals surface area contributed by atoms with Crippen molar-refractivity contribution in [1.29, 1.82) is 0 Å². The van der Waals surface area contributed by atoms with E-state index in [9.17, 15) is 0 Å². The standard InChI is InChI=1S/C16H21NS/c1-4-17-16(3,15-13(2)10-11-18-15)12-14-8-6-5-7-9-14/h5-11,17H,4,12H2,1-3H3. The minimum absolute atomic E-state index is 0.0361. The van der Waals surface area contributed by atoms with Gasteiger partial charge in [0, 0.05) is 4.88 Å². The molecule has 0 aliphatic carbocycles. The van der Waals surface area contributed by atoms with E-state index in [-0.39, 0.29) is 5.54 Å². The zero-order valence-corrected chi connectivity index (χ0v) is 12.2. The number of thiophene rings is 1. The van der Waals surface area contributed by atoms with Crippen LogP contribution in [0, 0.1) is 6.92 Å². The van der Waals surface area contributed by atoms with Crippen LogP contribution in [-0.2, 0) is 12.0 Å². The lowest BCUT2D eigenvalue weighted by Gasteiger charge is -2.31. The Morgan fingerprint density at radius 2 is 1.89 bits per heavy atom. The Morgan fingerprint density at radius 1 is 1.17 bits per heavy atom. The van der Waals surface area contributed by atoms with Crippen LogP contribution >= 0.6 is 11.3 Å². The zero-order valence-electron chi connectivity index (χ0n) is 11.4. The van der Waals surface area contributed by atoms with Crippen LogP contribution in [0.5, 0.6) is 0 Å². The van der Waals surface area contributed by atoms with Gasteiger partial charge in [-0.15, -0.1) is 11.3 Å². The molecule has 0 radical (unpaired) electrons. The van der Waals surface area contributed by atoms with Gasteiger partial charge in [-0.25, -0.2) is 0 Å². The Balaban J connectivity index is 2.30. The highest BCUT2D eigenvalue weighted by Gasteiger charge is 2.28. The van der Waals surface area contributed by atoms with Crippen molar-refractivity contribution in [1.82, 2.24) is 5.32 Å². The lowest BCUT2D eigenvalue weighted by molar-refractivity contribution is 0.379. The van der Waals surface area contributed by atoms with Crippen LogP contribution in [0.3, 0.4) is 0 Å². The Hall–Kier alpha value is -1.12. The molecule has 18 heavy (non-hydrogen) atoms. The summed E-state index contributed by atoms with van der Waals surface area (Å²) in [6, 6.07) is 12.9. The first-order chi connectivity index (χ1) is 8.65. The molecule has 0 aliphatic rings. The average Bonchev–Trinajstić information content (AvgIpc) is 2.78. The summed E-state index contributed by atoms with van der Waals surface area (Å²) in [7, 11) is 0. The summed E-state index contributed by atoms with van der Waals surface area (Å²) >= 11 is 1.85. The first-order valence-electron chi connectivity index (χ1n) is 6.49. The lowest BCUT2D eigenvalue weighted by Crippen LogP contribution is -2.41. The second-order valence-electron chi connectivity index (χ2n) is 4.96. The molecule has 1 heterocycles. The van der Waals surface area contributed by atoms with Crippen molar-refractivity contribution in [2.75, 3.05) is 6.54 Å². The van der Waals surface area contributed by atoms with Gasteiger partial charge in [-0.1, -0.05) is 37.3 Å². The van der Waals surface area contributed by atoms with Crippen LogP contribution in [0.1, 0.15) is 29.9 Å². The zero-order chi connectivity index (χ0) is 13.0. The van der Waals surface area contributed by atoms with Gasteiger partial charge in [-0.3, -0.25) is 0 Å². The number of aryl methyl sites for hydroxylation is 1. The summed E-state index contributed by atoms with van der Waals surface area (Å²) in [4.78, 5) is 1.45. The van der Waals surface area contributed by atoms with E-state index in [1.54, 1.807) is 0 Å². The van der Waals surface area contributed by atoms with Crippen molar-refractivity contribution in [3.63, 3.8) is 0 Å². The van der Waals surface area contributed by atoms with Crippen LogP contribution in [0.25, 0.3) is 0 Å². The molecule has 2 heteroatoms. The van der Waals surface area contributed by atoms with Crippen LogP contribution in [0.15, 0.2) is 41.8 Å². The number of likely N-dealkylation sites (N-methyl/N-ethyl adjacent to an activating group) is 1. The second kappa shape index (κ2) is 5.68. The smallest absolute Gasteiger partial charge is 0.0543 e. The van der Waals surface area contributed by atoms with Gasteiger partial charge in [-0.05, 0) is 49.4 Å². The fraction of sp³-hybridized carbons (Fsp3) is 0.375. The third-order valence-electron chi connectivity index (χ3n) is 3.33. The molecule has 96 valence electrons. The average molecular weight is 259 g/mol. The molecule has 1 aromatic carbocycles. The summed E-state index contributed by atoms with van der Waals surface area (Å²) in [5.41, 5.74) is 2.81. The van der Waals surface area contributed by atoms with E-state index in [1.165, 1.54) is 16.0 Å². The van der Waals surface area contributed by atoms with E-state index >= 15 is 0 Å². The van der Waals surface area contributed by atoms with Gasteiger partial charge in [0.2, 0.25) is 0 Å². The third-order valence-corrected chi connectivity index (χ3v) is 4.61. The molecule has 1 atom stereocenters. The molecule has 2 rings (SSSR count). The Morgan fingerprint density at radius 3 is 2.44 bits per heavy atom. The van der Waals surface area contributed by atoms with E-state index in [1.807, 2.05) is 11.3 Å². The van der Waals surface area contributed by atoms with E-state index in [0.29, 0.717) is 0 Å². The molecular weight excluding hydrogens is 238 g/mol. The molecule has 1 aromatic heterocycles. The van der Waals surface area contributed by atoms with Gasteiger partial charge >= 0.3 is 0 Å². The van der Waals surface area contributed by atoms with Gasteiger partial charge in [0.25, 0.3) is 0 Å². The highest BCUT2D eigenvalue weighted by atomic mass is 32.1. The number of benzene rings is 1. The first kappa shape index (κ1) is 13.3. The van der Waals surface area contributed by atoms with E-state index in [4.69, 9.17) is 0 Å². The molecule has 0 saturated carbocycles. The Labute approximate surface area is 114 Å². The number of rotatable bonds is 5. The topological polar surface area (TPSA) is 12.0 Å². The van der Waals surface area contributed by atoms with Gasteiger partial charge in [0.1, 0.15) is 0 Å². The minimum atomic E-state index is 0.0361. The predicted molar refractivity (Wildman–Crippen MR) is 80.2 cm³/mol. The normalized spacial score (nSPS) is 14.4. The van der Waals surface area contributed by atoms with Crippen molar-refractivity contribution in [2.45, 2.75) is 32.7 Å². The van der Waals surface area contributed by atoms with Crippen LogP contribution in [0.2, 0.25) is 0 Å². The van der Waals surface area contributed by atoms with Crippen molar-refractivity contribution in [2.24, 2.45) is 0 Å². The molecule has 0 fully saturated rings. The fourth-order valence-electron chi connectivity index (χ4n) is 2.56. The largest absolute Gasteiger partial charge is 0.307 e. The molecular formula is C16H21NS. The Kier molecular flexibility index (Phi) is 4.20. The lowest BCUT2D eigenvalue weighted by atomic mass is 9.89. The monoisotopic (exact) mass is 259 g/mol. The van der Waals surface area contributed by atoms with E-state index in [0.717, 1.165) is 13.0 Å². The van der Waals surface area contributed by atoms with Gasteiger partial charge in [0.15, 0.2) is 0 Å². The third kappa shape index (κ3) is 2.82. The minimum Gasteiger partial charge on any atom is -0.307 e. The molecule has 0 amide bonds. The Bertz CT molecular complexity index is 489. The van der Waals surface area contributed by atoms with Crippen LogP contribution in [0.4, 0.5) is 0 Å². The maximum absolute atomic E-state index is 3.66. The molecule has 1 unspecified atom stereocenters. The summed E-state index contributed by atoms with van der Waals surface area (Å²) in [6.45, 7) is 7.67. The van der Waals surface area contributed by atoms with Gasteiger partial charge < -0.3 is 5.32 Å². The van der Waals surface area contributed by atoms with Crippen molar-refractivity contribution in [3.8, 4) is 0 Å². The molecule has 0 bridgehead atoms. The summed E-state index contributed by atoms with van der Waals surface area (Å²) in [5.74, 6) is 0. The quantitative estimate of drug-likeness (QED) is 0.851. The maximum atomic E-state index is 3.66. The number of hydrogen-bond acceptors (Lipinski definition) is 2. The van der Waals surface area contributed by atoms with Crippen LogP contribution < -0.4 is 5.32 Å². The highest BCUT2D eigenvalue weighted by molar-refractivity contribution is 7.10. The molecule has 0 spiro atoms. The maximum Gasteiger partial charge on any atom is 0.0543 e.